The number of amides is 3. The van der Waals surface area contributed by atoms with E-state index in [0.29, 0.717) is 5.82 Å². The van der Waals surface area contributed by atoms with Crippen molar-refractivity contribution in [1.82, 2.24) is 14.7 Å². The summed E-state index contributed by atoms with van der Waals surface area (Å²) in [5, 5.41) is 10.1. The Hall–Kier alpha value is -3.79. The van der Waals surface area contributed by atoms with Crippen LogP contribution in [-0.2, 0) is 14.9 Å². The van der Waals surface area contributed by atoms with E-state index in [4.69, 9.17) is 9.84 Å². The molecule has 0 bridgehead atoms. The molecule has 0 saturated carbocycles. The highest BCUT2D eigenvalue weighted by Gasteiger charge is 2.24. The van der Waals surface area contributed by atoms with Crippen LogP contribution in [0.4, 0.5) is 25.1 Å². The molecule has 2 N–H and O–H groups in total. The molecule has 0 saturated heterocycles. The van der Waals surface area contributed by atoms with Crippen LogP contribution in [0.15, 0.2) is 42.5 Å². The minimum absolute atomic E-state index is 0.0643. The number of nitrogens with zero attached hydrogens (tertiary/aromatic N) is 3. The van der Waals surface area contributed by atoms with Crippen LogP contribution in [0.2, 0.25) is 0 Å². The van der Waals surface area contributed by atoms with Gasteiger partial charge < -0.3 is 20.3 Å². The second-order valence-electron chi connectivity index (χ2n) is 9.89. The number of rotatable bonds is 8. The maximum atomic E-state index is 13.6. The van der Waals surface area contributed by atoms with Crippen LogP contribution < -0.4 is 10.6 Å². The minimum atomic E-state index is -1.09. The lowest BCUT2D eigenvalue weighted by Gasteiger charge is -2.22. The highest BCUT2D eigenvalue weighted by molar-refractivity contribution is 5.96. The summed E-state index contributed by atoms with van der Waals surface area (Å²) in [6.07, 6.45) is 0. The van der Waals surface area contributed by atoms with Crippen LogP contribution in [0.25, 0.3) is 5.69 Å². The number of aromatic nitrogens is 2. The Kier molecular flexibility index (Phi) is 8.65. The van der Waals surface area contributed by atoms with Crippen LogP contribution in [0.1, 0.15) is 37.6 Å². The standard InChI is InChI=1S/C27H33F2N5O3/c1-17-7-10-22(18(2)13-17)34-24(15-23(32-34)27(3,4)5)31-25(35)16-33(11-12-37-6)26(36)30-19-8-9-20(28)21(29)14-19/h7-10,13-15H,11-12,16H2,1-6H3,(H,30,36)(H,31,35). The van der Waals surface area contributed by atoms with Crippen LogP contribution >= 0.6 is 0 Å². The maximum Gasteiger partial charge on any atom is 0.322 e. The summed E-state index contributed by atoms with van der Waals surface area (Å²) in [6.45, 7) is 10.0. The van der Waals surface area contributed by atoms with Crippen LogP contribution in [0.3, 0.4) is 0 Å². The van der Waals surface area contributed by atoms with E-state index in [9.17, 15) is 18.4 Å². The molecule has 198 valence electrons. The number of carbonyl (C=O) groups excluding carboxylic acids is 2. The van der Waals surface area contributed by atoms with Crippen LogP contribution in [-0.4, -0.2) is 53.4 Å². The lowest BCUT2D eigenvalue weighted by molar-refractivity contribution is -0.116. The van der Waals surface area contributed by atoms with Crippen molar-refractivity contribution >= 4 is 23.4 Å². The highest BCUT2D eigenvalue weighted by atomic mass is 19.2. The van der Waals surface area contributed by atoms with Crippen molar-refractivity contribution in [2.45, 2.75) is 40.0 Å². The van der Waals surface area contributed by atoms with Gasteiger partial charge in [0, 0.05) is 36.9 Å². The summed E-state index contributed by atoms with van der Waals surface area (Å²) in [5.41, 5.74) is 3.51. The fraction of sp³-hybridized carbons (Fsp3) is 0.370. The number of nitrogens with one attached hydrogen (secondary N) is 2. The van der Waals surface area contributed by atoms with Gasteiger partial charge in [0.15, 0.2) is 11.6 Å². The molecule has 3 amide bonds. The smallest absolute Gasteiger partial charge is 0.322 e. The van der Waals surface area contributed by atoms with Crippen molar-refractivity contribution in [2.24, 2.45) is 0 Å². The molecule has 37 heavy (non-hydrogen) atoms. The molecule has 1 aromatic heterocycles. The number of carbonyl (C=O) groups is 2. The first-order valence-electron chi connectivity index (χ1n) is 11.9. The molecular weight excluding hydrogens is 480 g/mol. The van der Waals surface area contributed by atoms with Crippen LogP contribution in [0, 0.1) is 25.5 Å². The largest absolute Gasteiger partial charge is 0.383 e. The first-order valence-corrected chi connectivity index (χ1v) is 11.9. The van der Waals surface area contributed by atoms with E-state index in [1.54, 1.807) is 4.68 Å². The third kappa shape index (κ3) is 7.13. The molecular formula is C27H33F2N5O3. The van der Waals surface area contributed by atoms with Gasteiger partial charge >= 0.3 is 6.03 Å². The molecule has 3 rings (SSSR count). The fourth-order valence-electron chi connectivity index (χ4n) is 3.65. The second-order valence-corrected chi connectivity index (χ2v) is 9.89. The van der Waals surface area contributed by atoms with Gasteiger partial charge in [0.1, 0.15) is 12.4 Å². The molecule has 0 aliphatic heterocycles. The SMILES string of the molecule is COCCN(CC(=O)Nc1cc(C(C)(C)C)nn1-c1ccc(C)cc1C)C(=O)Nc1ccc(F)c(F)c1. The Labute approximate surface area is 215 Å². The molecule has 2 aromatic carbocycles. The molecule has 0 fully saturated rings. The van der Waals surface area contributed by atoms with Crippen LogP contribution in [0.5, 0.6) is 0 Å². The average Bonchev–Trinajstić information content (AvgIpc) is 3.23. The Morgan fingerprint density at radius 2 is 1.76 bits per heavy atom. The highest BCUT2D eigenvalue weighted by Crippen LogP contribution is 2.28. The van der Waals surface area contributed by atoms with Gasteiger partial charge in [-0.1, -0.05) is 38.5 Å². The van der Waals surface area contributed by atoms with Gasteiger partial charge in [-0.15, -0.1) is 0 Å². The van der Waals surface area contributed by atoms with Gasteiger partial charge in [0.25, 0.3) is 0 Å². The molecule has 0 radical (unpaired) electrons. The summed E-state index contributed by atoms with van der Waals surface area (Å²) >= 11 is 0. The summed E-state index contributed by atoms with van der Waals surface area (Å²) in [4.78, 5) is 27.2. The number of halogens is 2. The lowest BCUT2D eigenvalue weighted by Crippen LogP contribution is -2.42. The van der Waals surface area contributed by atoms with Gasteiger partial charge in [-0.05, 0) is 37.6 Å². The number of anilines is 2. The summed E-state index contributed by atoms with van der Waals surface area (Å²) in [6, 6.07) is 10.1. The molecule has 0 aliphatic rings. The van der Waals surface area contributed by atoms with E-state index in [0.717, 1.165) is 34.6 Å². The van der Waals surface area contributed by atoms with Gasteiger partial charge in [0.2, 0.25) is 5.91 Å². The second kappa shape index (κ2) is 11.5. The van der Waals surface area contributed by atoms with E-state index in [2.05, 4.69) is 10.6 Å². The van der Waals surface area contributed by atoms with E-state index < -0.39 is 23.6 Å². The van der Waals surface area contributed by atoms with E-state index in [1.165, 1.54) is 18.1 Å². The number of methoxy groups -OCH3 is 1. The summed E-state index contributed by atoms with van der Waals surface area (Å²) in [5.74, 6) is -2.10. The first kappa shape index (κ1) is 27.8. The number of urea groups is 1. The zero-order chi connectivity index (χ0) is 27.3. The molecule has 8 nitrogen and oxygen atoms in total. The number of hydrogen-bond acceptors (Lipinski definition) is 4. The van der Waals surface area contributed by atoms with Crippen molar-refractivity contribution in [3.63, 3.8) is 0 Å². The number of benzene rings is 2. The predicted molar refractivity (Wildman–Crippen MR) is 139 cm³/mol. The zero-order valence-corrected chi connectivity index (χ0v) is 22.0. The Morgan fingerprint density at radius 3 is 2.38 bits per heavy atom. The van der Waals surface area contributed by atoms with Gasteiger partial charge in [0.05, 0.1) is 18.0 Å². The van der Waals surface area contributed by atoms with Crippen molar-refractivity contribution in [3.05, 3.63) is 70.9 Å². The predicted octanol–water partition coefficient (Wildman–Crippen LogP) is 5.18. The quantitative estimate of drug-likeness (QED) is 0.434. The molecule has 3 aromatic rings. The maximum absolute atomic E-state index is 13.6. The monoisotopic (exact) mass is 513 g/mol. The average molecular weight is 514 g/mol. The summed E-state index contributed by atoms with van der Waals surface area (Å²) in [7, 11) is 1.47. The van der Waals surface area contributed by atoms with Crippen molar-refractivity contribution in [3.8, 4) is 5.69 Å². The number of hydrogen-bond donors (Lipinski definition) is 2. The lowest BCUT2D eigenvalue weighted by atomic mass is 9.92. The molecule has 0 spiro atoms. The number of ether oxygens (including phenoxy) is 1. The Bertz CT molecular complexity index is 1280. The molecule has 1 heterocycles. The molecule has 10 heteroatoms. The summed E-state index contributed by atoms with van der Waals surface area (Å²) < 4.78 is 33.6. The third-order valence-corrected chi connectivity index (χ3v) is 5.68. The van der Waals surface area contributed by atoms with Gasteiger partial charge in [-0.3, -0.25) is 4.79 Å². The van der Waals surface area contributed by atoms with Crippen molar-refractivity contribution < 1.29 is 23.1 Å². The molecule has 0 aliphatic carbocycles. The topological polar surface area (TPSA) is 88.5 Å². The molecule has 0 atom stereocenters. The van der Waals surface area contributed by atoms with Gasteiger partial charge in [-0.2, -0.15) is 5.10 Å². The Morgan fingerprint density at radius 1 is 1.03 bits per heavy atom. The normalized spacial score (nSPS) is 11.4. The fourth-order valence-corrected chi connectivity index (χ4v) is 3.65. The molecule has 0 unspecified atom stereocenters. The number of aryl methyl sites for hydroxylation is 2. The van der Waals surface area contributed by atoms with Gasteiger partial charge in [-0.25, -0.2) is 18.3 Å². The zero-order valence-electron chi connectivity index (χ0n) is 22.0. The Balaban J connectivity index is 1.83. The first-order chi connectivity index (χ1) is 17.4. The van der Waals surface area contributed by atoms with Crippen molar-refractivity contribution in [2.75, 3.05) is 37.4 Å². The van der Waals surface area contributed by atoms with Crippen molar-refractivity contribution in [1.29, 1.82) is 0 Å². The van der Waals surface area contributed by atoms with E-state index in [-0.39, 0.29) is 30.8 Å². The third-order valence-electron chi connectivity index (χ3n) is 5.68. The van der Waals surface area contributed by atoms with E-state index >= 15 is 0 Å². The minimum Gasteiger partial charge on any atom is -0.383 e. The van der Waals surface area contributed by atoms with E-state index in [1.807, 2.05) is 58.9 Å².